The summed E-state index contributed by atoms with van der Waals surface area (Å²) in [4.78, 5) is 57.8. The second-order valence-corrected chi connectivity index (χ2v) is 21.1. The molecule has 6 rings (SSSR count). The summed E-state index contributed by atoms with van der Waals surface area (Å²) in [5, 5.41) is 25.2. The smallest absolute Gasteiger partial charge is 0.309 e. The second-order valence-electron chi connectivity index (χ2n) is 21.1. The van der Waals surface area contributed by atoms with Gasteiger partial charge >= 0.3 is 11.9 Å². The largest absolute Gasteiger partial charge is 0.481 e. The molecule has 0 radical (unpaired) electrons. The van der Waals surface area contributed by atoms with Crippen molar-refractivity contribution in [1.29, 1.82) is 0 Å². The summed E-state index contributed by atoms with van der Waals surface area (Å²) in [6.45, 7) is 23.0. The molecule has 0 aromatic carbocycles. The molecule has 1 unspecified atom stereocenters. The van der Waals surface area contributed by atoms with Gasteiger partial charge in [0.1, 0.15) is 6.10 Å². The fraction of sp³-hybridized carbons (Fsp3) is 0.766. The molecule has 0 bridgehead atoms. The van der Waals surface area contributed by atoms with Crippen molar-refractivity contribution in [3.05, 3.63) is 41.2 Å². The van der Waals surface area contributed by atoms with E-state index >= 15 is 0 Å². The first-order valence-corrected chi connectivity index (χ1v) is 21.8. The van der Waals surface area contributed by atoms with Crippen LogP contribution in [0.1, 0.15) is 139 Å². The van der Waals surface area contributed by atoms with Crippen molar-refractivity contribution in [2.45, 2.75) is 152 Å². The monoisotopic (exact) mass is 790 g/mol. The highest BCUT2D eigenvalue weighted by molar-refractivity contribution is 6.00. The molecule has 1 aromatic rings. The van der Waals surface area contributed by atoms with E-state index in [0.717, 1.165) is 62.6 Å². The number of carboxylic acids is 1. The van der Waals surface area contributed by atoms with E-state index < -0.39 is 28.9 Å². The van der Waals surface area contributed by atoms with E-state index in [1.54, 1.807) is 20.0 Å². The van der Waals surface area contributed by atoms with Gasteiger partial charge in [-0.05, 0) is 123 Å². The molecule has 9 atom stereocenters. The number of pyridine rings is 1. The summed E-state index contributed by atoms with van der Waals surface area (Å²) in [6, 6.07) is 5.85. The number of aliphatic hydroxyl groups is 1. The number of carbonyl (C=O) groups excluding carboxylic acids is 3. The third-order valence-electron chi connectivity index (χ3n) is 16.8. The Morgan fingerprint density at radius 1 is 0.982 bits per heavy atom. The highest BCUT2D eigenvalue weighted by Crippen LogP contribution is 2.77. The van der Waals surface area contributed by atoms with Crippen molar-refractivity contribution in [1.82, 2.24) is 15.2 Å². The van der Waals surface area contributed by atoms with Crippen LogP contribution in [-0.4, -0.2) is 75.6 Å². The van der Waals surface area contributed by atoms with E-state index in [-0.39, 0.29) is 57.7 Å². The molecule has 1 aromatic heterocycles. The van der Waals surface area contributed by atoms with Gasteiger partial charge in [0.25, 0.3) is 0 Å². The van der Waals surface area contributed by atoms with E-state index in [9.17, 15) is 29.4 Å². The van der Waals surface area contributed by atoms with Crippen LogP contribution in [0.25, 0.3) is 0 Å². The molecule has 5 aliphatic rings. The first-order chi connectivity index (χ1) is 26.5. The van der Waals surface area contributed by atoms with Gasteiger partial charge in [0.15, 0.2) is 5.78 Å². The second kappa shape index (κ2) is 15.5. The molecule has 0 saturated heterocycles. The maximum absolute atomic E-state index is 14.3. The number of aliphatic hydroxyl groups excluding tert-OH is 1. The van der Waals surface area contributed by atoms with Crippen LogP contribution in [0.2, 0.25) is 0 Å². The highest BCUT2D eigenvalue weighted by atomic mass is 16.5. The molecule has 316 valence electrons. The Labute approximate surface area is 341 Å². The number of amides is 1. The Morgan fingerprint density at radius 3 is 2.33 bits per heavy atom. The minimum Gasteiger partial charge on any atom is -0.481 e. The predicted octanol–water partition coefficient (Wildman–Crippen LogP) is 7.77. The Morgan fingerprint density at radius 2 is 1.70 bits per heavy atom. The van der Waals surface area contributed by atoms with Crippen molar-refractivity contribution in [2.75, 3.05) is 19.6 Å². The Balaban J connectivity index is 1.28. The lowest BCUT2D eigenvalue weighted by Crippen LogP contribution is -2.66. The van der Waals surface area contributed by atoms with Gasteiger partial charge in [-0.3, -0.25) is 29.1 Å². The number of rotatable bonds is 13. The van der Waals surface area contributed by atoms with Crippen LogP contribution in [0.4, 0.5) is 0 Å². The molecule has 4 fully saturated rings. The van der Waals surface area contributed by atoms with Crippen LogP contribution < -0.4 is 5.32 Å². The van der Waals surface area contributed by atoms with Crippen molar-refractivity contribution < 1.29 is 34.1 Å². The van der Waals surface area contributed by atoms with Gasteiger partial charge in [-0.1, -0.05) is 60.1 Å². The molecule has 1 amide bonds. The van der Waals surface area contributed by atoms with Crippen LogP contribution in [-0.2, 0) is 30.5 Å². The molecule has 0 aliphatic heterocycles. The van der Waals surface area contributed by atoms with Crippen LogP contribution in [0.3, 0.4) is 0 Å². The molecule has 4 saturated carbocycles. The van der Waals surface area contributed by atoms with E-state index in [1.165, 1.54) is 12.5 Å². The van der Waals surface area contributed by atoms with E-state index in [2.05, 4.69) is 63.7 Å². The number of nitrogens with zero attached hydrogens (tertiary/aromatic N) is 2. The van der Waals surface area contributed by atoms with Gasteiger partial charge in [-0.25, -0.2) is 0 Å². The van der Waals surface area contributed by atoms with Gasteiger partial charge in [0, 0.05) is 56.6 Å². The average molecular weight is 790 g/mol. The normalized spacial score (nSPS) is 35.2. The van der Waals surface area contributed by atoms with Gasteiger partial charge in [-0.15, -0.1) is 0 Å². The van der Waals surface area contributed by atoms with Gasteiger partial charge in [-0.2, -0.15) is 0 Å². The number of aromatic nitrogens is 1. The molecule has 5 aliphatic carbocycles. The van der Waals surface area contributed by atoms with Crippen molar-refractivity contribution in [2.24, 2.45) is 56.2 Å². The summed E-state index contributed by atoms with van der Waals surface area (Å²) >= 11 is 0. The van der Waals surface area contributed by atoms with Crippen LogP contribution in [0.15, 0.2) is 35.5 Å². The Bertz CT molecular complexity index is 1760. The number of aliphatic carboxylic acids is 1. The van der Waals surface area contributed by atoms with Gasteiger partial charge in [0.05, 0.1) is 23.6 Å². The highest BCUT2D eigenvalue weighted by Gasteiger charge is 2.71. The van der Waals surface area contributed by atoms with Crippen molar-refractivity contribution in [3.63, 3.8) is 0 Å². The maximum atomic E-state index is 14.3. The van der Waals surface area contributed by atoms with Crippen LogP contribution >= 0.6 is 0 Å². The summed E-state index contributed by atoms with van der Waals surface area (Å²) in [6.07, 6.45) is 8.49. The summed E-state index contributed by atoms with van der Waals surface area (Å²) < 4.78 is 6.18. The number of allylic oxidation sites excluding steroid dienone is 1. The summed E-state index contributed by atoms with van der Waals surface area (Å²) in [5.74, 6) is -0.277. The first-order valence-electron chi connectivity index (χ1n) is 21.8. The number of hydrogen-bond acceptors (Lipinski definition) is 8. The quantitative estimate of drug-likeness (QED) is 0.171. The molecule has 10 nitrogen and oxygen atoms in total. The third kappa shape index (κ3) is 7.42. The van der Waals surface area contributed by atoms with Crippen LogP contribution in [0, 0.1) is 56.2 Å². The van der Waals surface area contributed by atoms with Gasteiger partial charge < -0.3 is 20.3 Å². The molecular formula is C47H71N3O7. The van der Waals surface area contributed by atoms with Crippen molar-refractivity contribution in [3.8, 4) is 0 Å². The van der Waals surface area contributed by atoms with Gasteiger partial charge in [0.2, 0.25) is 5.91 Å². The minimum absolute atomic E-state index is 0.00743. The topological polar surface area (TPSA) is 146 Å². The molecule has 57 heavy (non-hydrogen) atoms. The number of carbonyl (C=O) groups is 4. The SMILES string of the molecule is CC(=O)NCCN(Cc1ccccn1)C[C@H](O)[C@@]12CC[C@]3(C)[C@H](CC[C@@H]4[C@@]5(C)CCC(OC(=O)CC(C)(C)C(=O)O)C(C)(C)[C@@H]5CC[C@]43C)C1=C(C(C)C)C(=O)C2. The zero-order chi connectivity index (χ0) is 41.9. The number of carboxylic acid groups (broad SMARTS) is 1. The predicted molar refractivity (Wildman–Crippen MR) is 220 cm³/mol. The zero-order valence-electron chi connectivity index (χ0n) is 36.5. The Kier molecular flexibility index (Phi) is 11.8. The lowest BCUT2D eigenvalue weighted by atomic mass is 9.33. The fourth-order valence-electron chi connectivity index (χ4n) is 13.7. The maximum Gasteiger partial charge on any atom is 0.309 e. The number of ketones is 1. The van der Waals surface area contributed by atoms with Crippen molar-refractivity contribution >= 4 is 23.6 Å². The lowest BCUT2D eigenvalue weighted by molar-refractivity contribution is -0.235. The minimum atomic E-state index is -1.18. The molecule has 0 spiro atoms. The number of fused-ring (bicyclic) bond motifs is 7. The van der Waals surface area contributed by atoms with E-state index in [1.807, 2.05) is 18.2 Å². The van der Waals surface area contributed by atoms with Crippen LogP contribution in [0.5, 0.6) is 0 Å². The summed E-state index contributed by atoms with van der Waals surface area (Å²) in [7, 11) is 0. The fourth-order valence-corrected chi connectivity index (χ4v) is 13.7. The number of hydrogen-bond donors (Lipinski definition) is 3. The summed E-state index contributed by atoms with van der Waals surface area (Å²) in [5.41, 5.74) is 0.994. The lowest BCUT2D eigenvalue weighted by Gasteiger charge is -2.72. The number of nitrogens with one attached hydrogen (secondary N) is 1. The molecule has 3 N–H and O–H groups in total. The average Bonchev–Trinajstić information content (AvgIpc) is 3.43. The molecule has 1 heterocycles. The number of esters is 1. The number of Topliss-reactive ketones (excluding diaryl/α,β-unsaturated/α-hetero) is 1. The zero-order valence-corrected chi connectivity index (χ0v) is 36.5. The first kappa shape index (κ1) is 43.5. The molecular weight excluding hydrogens is 719 g/mol. The standard InChI is InChI=1S/C47H71N3O7/c1-29(2)39-33(52)25-47(36(53)28-50(24-23-48-30(3)51)27-31-13-11-12-22-49-31)21-20-45(9)32(40(39)47)14-15-35-44(8)18-17-37(57-38(54)26-42(4,5)41(55)56)43(6,7)34(44)16-19-46(35,45)10/h11-13,22,29,32,34-37,53H,14-21,23-28H2,1-10H3,(H,48,51)(H,55,56)/t32-,34+,35-,36+,37?,44+,45-,46-,47+/m1/s1. The third-order valence-corrected chi connectivity index (χ3v) is 16.8. The van der Waals surface area contributed by atoms with E-state index in [0.29, 0.717) is 44.4 Å². The van der Waals surface area contributed by atoms with E-state index in [4.69, 9.17) is 4.74 Å². The molecule has 10 heteroatoms. The number of ether oxygens (including phenoxy) is 1. The Hall–Kier alpha value is -3.11.